The Labute approximate surface area is 169 Å². The minimum absolute atomic E-state index is 0.0918. The molecule has 1 aliphatic rings. The summed E-state index contributed by atoms with van der Waals surface area (Å²) in [5.41, 5.74) is 2.99. The summed E-state index contributed by atoms with van der Waals surface area (Å²) < 4.78 is 1.75. The van der Waals surface area contributed by atoms with Crippen LogP contribution in [0.5, 0.6) is 0 Å². The lowest BCUT2D eigenvalue weighted by atomic mass is 9.95. The highest BCUT2D eigenvalue weighted by Crippen LogP contribution is 2.26. The van der Waals surface area contributed by atoms with Crippen LogP contribution in [-0.2, 0) is 0 Å². The zero-order valence-electron chi connectivity index (χ0n) is 15.7. The maximum absolute atomic E-state index is 13.2. The van der Waals surface area contributed by atoms with Gasteiger partial charge >= 0.3 is 0 Å². The van der Waals surface area contributed by atoms with Gasteiger partial charge in [0.15, 0.2) is 0 Å². The second-order valence-electron chi connectivity index (χ2n) is 7.23. The van der Waals surface area contributed by atoms with Crippen LogP contribution in [0, 0.1) is 5.92 Å². The molecule has 5 nitrogen and oxygen atoms in total. The van der Waals surface area contributed by atoms with Crippen molar-refractivity contribution in [3.63, 3.8) is 0 Å². The average Bonchev–Trinajstić information content (AvgIpc) is 3.16. The number of carbonyl (C=O) groups excluding carboxylic acids is 1. The number of nitrogens with zero attached hydrogens (tertiary/aromatic N) is 2. The molecule has 1 fully saturated rings. The number of para-hydroxylation sites is 1. The normalized spacial score (nSPS) is 19.4. The van der Waals surface area contributed by atoms with Crippen LogP contribution in [0.25, 0.3) is 16.9 Å². The molecular formula is C22H23ClN4O. The molecule has 1 amide bonds. The largest absolute Gasteiger partial charge is 0.349 e. The summed E-state index contributed by atoms with van der Waals surface area (Å²) in [6.07, 6.45) is 2.73. The molecule has 2 heterocycles. The van der Waals surface area contributed by atoms with Crippen molar-refractivity contribution in [1.82, 2.24) is 20.4 Å². The Bertz CT molecular complexity index is 952. The minimum Gasteiger partial charge on any atom is -0.349 e. The van der Waals surface area contributed by atoms with Crippen LogP contribution in [0.4, 0.5) is 0 Å². The number of nitrogens with one attached hydrogen (secondary N) is 2. The monoisotopic (exact) mass is 394 g/mol. The van der Waals surface area contributed by atoms with Gasteiger partial charge in [0.1, 0.15) is 5.69 Å². The fourth-order valence-corrected chi connectivity index (χ4v) is 3.67. The molecule has 2 N–H and O–H groups in total. The topological polar surface area (TPSA) is 58.9 Å². The summed E-state index contributed by atoms with van der Waals surface area (Å²) in [5.74, 6) is 0.298. The number of halogens is 1. The van der Waals surface area contributed by atoms with E-state index in [0.717, 1.165) is 30.8 Å². The zero-order chi connectivity index (χ0) is 19.5. The van der Waals surface area contributed by atoms with Gasteiger partial charge < -0.3 is 10.6 Å². The van der Waals surface area contributed by atoms with Gasteiger partial charge in [-0.2, -0.15) is 5.10 Å². The number of benzene rings is 2. The van der Waals surface area contributed by atoms with Crippen molar-refractivity contribution < 1.29 is 4.79 Å². The van der Waals surface area contributed by atoms with Gasteiger partial charge in [-0.25, -0.2) is 4.68 Å². The van der Waals surface area contributed by atoms with E-state index in [1.165, 1.54) is 0 Å². The van der Waals surface area contributed by atoms with E-state index < -0.39 is 0 Å². The van der Waals surface area contributed by atoms with E-state index in [9.17, 15) is 4.79 Å². The molecule has 0 spiro atoms. The van der Waals surface area contributed by atoms with Crippen molar-refractivity contribution in [2.45, 2.75) is 19.4 Å². The molecule has 2 atom stereocenters. The number of carbonyl (C=O) groups is 1. The first kappa shape index (κ1) is 18.7. The lowest BCUT2D eigenvalue weighted by Crippen LogP contribution is -2.48. The number of rotatable bonds is 4. The lowest BCUT2D eigenvalue weighted by molar-refractivity contribution is 0.0915. The molecule has 4 rings (SSSR count). The highest BCUT2D eigenvalue weighted by atomic mass is 35.5. The Morgan fingerprint density at radius 3 is 2.64 bits per heavy atom. The average molecular weight is 395 g/mol. The molecule has 6 heteroatoms. The summed E-state index contributed by atoms with van der Waals surface area (Å²) in [6.45, 7) is 3.99. The first-order chi connectivity index (χ1) is 13.6. The number of aromatic nitrogens is 2. The Morgan fingerprint density at radius 2 is 1.93 bits per heavy atom. The summed E-state index contributed by atoms with van der Waals surface area (Å²) in [6, 6.07) is 17.4. The molecule has 0 radical (unpaired) electrons. The summed E-state index contributed by atoms with van der Waals surface area (Å²) >= 11 is 6.04. The standard InChI is InChI=1S/C22H23ClN4O/c1-15-13-24-12-11-20(15)25-22(28)19-14-27(18-5-3-2-4-6-18)26-21(19)16-7-9-17(23)10-8-16/h2-10,14-15,20,24H,11-13H2,1H3,(H,25,28). The number of hydrogen-bond acceptors (Lipinski definition) is 3. The van der Waals surface area contributed by atoms with Crippen LogP contribution in [0.3, 0.4) is 0 Å². The Morgan fingerprint density at radius 1 is 1.18 bits per heavy atom. The maximum atomic E-state index is 13.2. The van der Waals surface area contributed by atoms with E-state index >= 15 is 0 Å². The van der Waals surface area contributed by atoms with Crippen LogP contribution in [0.2, 0.25) is 5.02 Å². The van der Waals surface area contributed by atoms with Gasteiger partial charge in [-0.1, -0.05) is 48.9 Å². The zero-order valence-corrected chi connectivity index (χ0v) is 16.5. The van der Waals surface area contributed by atoms with E-state index in [2.05, 4.69) is 17.6 Å². The molecule has 0 bridgehead atoms. The van der Waals surface area contributed by atoms with E-state index in [-0.39, 0.29) is 11.9 Å². The molecule has 1 saturated heterocycles. The van der Waals surface area contributed by atoms with Gasteiger partial charge in [-0.3, -0.25) is 4.79 Å². The van der Waals surface area contributed by atoms with E-state index in [0.29, 0.717) is 22.2 Å². The second-order valence-corrected chi connectivity index (χ2v) is 7.66. The molecule has 2 aromatic carbocycles. The van der Waals surface area contributed by atoms with Crippen molar-refractivity contribution in [1.29, 1.82) is 0 Å². The minimum atomic E-state index is -0.0918. The van der Waals surface area contributed by atoms with Gasteiger partial charge in [-0.15, -0.1) is 0 Å². The van der Waals surface area contributed by atoms with Crippen molar-refractivity contribution in [3.05, 3.63) is 71.4 Å². The van der Waals surface area contributed by atoms with Crippen LogP contribution in [0.15, 0.2) is 60.8 Å². The third-order valence-corrected chi connectivity index (χ3v) is 5.45. The number of piperidine rings is 1. The van der Waals surface area contributed by atoms with Crippen LogP contribution in [-0.4, -0.2) is 34.8 Å². The van der Waals surface area contributed by atoms with Crippen LogP contribution >= 0.6 is 11.6 Å². The summed E-state index contributed by atoms with van der Waals surface area (Å²) in [7, 11) is 0. The summed E-state index contributed by atoms with van der Waals surface area (Å²) in [4.78, 5) is 13.2. The Balaban J connectivity index is 1.70. The smallest absolute Gasteiger partial charge is 0.255 e. The lowest BCUT2D eigenvalue weighted by Gasteiger charge is -2.30. The van der Waals surface area contributed by atoms with Gasteiger partial charge in [0.05, 0.1) is 11.3 Å². The van der Waals surface area contributed by atoms with Gasteiger partial charge in [0.25, 0.3) is 5.91 Å². The molecule has 0 aliphatic carbocycles. The van der Waals surface area contributed by atoms with Crippen LogP contribution < -0.4 is 10.6 Å². The first-order valence-corrected chi connectivity index (χ1v) is 9.92. The van der Waals surface area contributed by atoms with E-state index in [1.807, 2.05) is 54.6 Å². The third kappa shape index (κ3) is 3.96. The highest BCUT2D eigenvalue weighted by Gasteiger charge is 2.26. The first-order valence-electron chi connectivity index (χ1n) is 9.54. The Hall–Kier alpha value is -2.63. The summed E-state index contributed by atoms with van der Waals surface area (Å²) in [5, 5.41) is 11.9. The Kier molecular flexibility index (Phi) is 5.46. The van der Waals surface area contributed by atoms with E-state index in [1.54, 1.807) is 10.9 Å². The fraction of sp³-hybridized carbons (Fsp3) is 0.273. The van der Waals surface area contributed by atoms with Crippen molar-refractivity contribution >= 4 is 17.5 Å². The molecule has 0 saturated carbocycles. The van der Waals surface area contributed by atoms with Gasteiger partial charge in [0, 0.05) is 22.8 Å². The maximum Gasteiger partial charge on any atom is 0.255 e. The van der Waals surface area contributed by atoms with Crippen LogP contribution in [0.1, 0.15) is 23.7 Å². The fourth-order valence-electron chi connectivity index (χ4n) is 3.55. The number of amides is 1. The molecule has 1 aromatic heterocycles. The second kappa shape index (κ2) is 8.17. The molecule has 144 valence electrons. The molecule has 2 unspecified atom stereocenters. The molecule has 1 aliphatic heterocycles. The predicted molar refractivity (Wildman–Crippen MR) is 112 cm³/mol. The molecule has 28 heavy (non-hydrogen) atoms. The quantitative estimate of drug-likeness (QED) is 0.705. The SMILES string of the molecule is CC1CNCCC1NC(=O)c1cn(-c2ccccc2)nc1-c1ccc(Cl)cc1. The van der Waals surface area contributed by atoms with Crippen molar-refractivity contribution in [2.24, 2.45) is 5.92 Å². The molecular weight excluding hydrogens is 372 g/mol. The van der Waals surface area contributed by atoms with Gasteiger partial charge in [0.2, 0.25) is 0 Å². The van der Waals surface area contributed by atoms with Gasteiger partial charge in [-0.05, 0) is 49.7 Å². The molecule has 3 aromatic rings. The van der Waals surface area contributed by atoms with E-state index in [4.69, 9.17) is 16.7 Å². The van der Waals surface area contributed by atoms with Crippen molar-refractivity contribution in [2.75, 3.05) is 13.1 Å². The number of hydrogen-bond donors (Lipinski definition) is 2. The highest BCUT2D eigenvalue weighted by molar-refractivity contribution is 6.30. The third-order valence-electron chi connectivity index (χ3n) is 5.20. The predicted octanol–water partition coefficient (Wildman–Crippen LogP) is 3.92. The van der Waals surface area contributed by atoms with Crippen molar-refractivity contribution in [3.8, 4) is 16.9 Å².